The van der Waals surface area contributed by atoms with Crippen molar-refractivity contribution < 1.29 is 9.53 Å². The molecule has 0 spiro atoms. The van der Waals surface area contributed by atoms with Gasteiger partial charge in [0.25, 0.3) is 5.91 Å². The number of nitrogens with zero attached hydrogens (tertiary/aromatic N) is 2. The van der Waals surface area contributed by atoms with Gasteiger partial charge in [0.15, 0.2) is 0 Å². The van der Waals surface area contributed by atoms with Crippen LogP contribution in [0.1, 0.15) is 10.4 Å². The van der Waals surface area contributed by atoms with Gasteiger partial charge in [-0.25, -0.2) is 4.98 Å². The molecule has 0 unspecified atom stereocenters. The highest BCUT2D eigenvalue weighted by Gasteiger charge is 2.22. The number of carbonyl (C=O) groups is 1. The minimum Gasteiger partial charge on any atom is -0.378 e. The monoisotopic (exact) mass is 430 g/mol. The molecule has 1 fully saturated rings. The molecule has 4 rings (SSSR count). The van der Waals surface area contributed by atoms with Gasteiger partial charge in [0.2, 0.25) is 0 Å². The maximum absolute atomic E-state index is 13.2. The van der Waals surface area contributed by atoms with Crippen molar-refractivity contribution in [3.8, 4) is 11.3 Å². The third kappa shape index (κ3) is 3.47. The standard InChI is InChI=1S/C20H16BrClN2O2/c21-14-3-6-18-16(11-14)17(20(25)24-7-9-26-10-8-24)12-19(23-18)13-1-4-15(22)5-2-13/h1-6,11-12H,7-10H2. The minimum absolute atomic E-state index is 0.00835. The fourth-order valence-electron chi connectivity index (χ4n) is 3.08. The summed E-state index contributed by atoms with van der Waals surface area (Å²) in [6.45, 7) is 2.35. The highest BCUT2D eigenvalue weighted by molar-refractivity contribution is 9.10. The van der Waals surface area contributed by atoms with Crippen LogP contribution in [-0.4, -0.2) is 42.1 Å². The first-order valence-corrected chi connectivity index (χ1v) is 9.52. The van der Waals surface area contributed by atoms with E-state index >= 15 is 0 Å². The minimum atomic E-state index is 0.00835. The molecule has 1 aliphatic heterocycles. The van der Waals surface area contributed by atoms with Crippen molar-refractivity contribution in [1.82, 2.24) is 9.88 Å². The van der Waals surface area contributed by atoms with Crippen molar-refractivity contribution >= 4 is 44.3 Å². The lowest BCUT2D eigenvalue weighted by molar-refractivity contribution is 0.0304. The number of benzene rings is 2. The Hall–Kier alpha value is -1.95. The van der Waals surface area contributed by atoms with Crippen LogP contribution in [0.5, 0.6) is 0 Å². The number of hydrogen-bond donors (Lipinski definition) is 0. The van der Waals surface area contributed by atoms with Gasteiger partial charge < -0.3 is 9.64 Å². The lowest BCUT2D eigenvalue weighted by Gasteiger charge is -2.27. The van der Waals surface area contributed by atoms with Crippen molar-refractivity contribution in [2.75, 3.05) is 26.3 Å². The Morgan fingerprint density at radius 2 is 1.81 bits per heavy atom. The van der Waals surface area contributed by atoms with Gasteiger partial charge in [-0.2, -0.15) is 0 Å². The van der Waals surface area contributed by atoms with Crippen molar-refractivity contribution in [2.24, 2.45) is 0 Å². The van der Waals surface area contributed by atoms with Crippen molar-refractivity contribution in [2.45, 2.75) is 0 Å². The summed E-state index contributed by atoms with van der Waals surface area (Å²) < 4.78 is 6.29. The number of morpholine rings is 1. The molecule has 4 nitrogen and oxygen atoms in total. The van der Waals surface area contributed by atoms with Gasteiger partial charge >= 0.3 is 0 Å². The Labute approximate surface area is 164 Å². The molecular formula is C20H16BrClN2O2. The lowest BCUT2D eigenvalue weighted by Crippen LogP contribution is -2.40. The van der Waals surface area contributed by atoms with E-state index in [4.69, 9.17) is 21.3 Å². The highest BCUT2D eigenvalue weighted by Crippen LogP contribution is 2.29. The SMILES string of the molecule is O=C(c1cc(-c2ccc(Cl)cc2)nc2ccc(Br)cc12)N1CCOCC1. The van der Waals surface area contributed by atoms with Gasteiger partial charge in [-0.15, -0.1) is 0 Å². The van der Waals surface area contributed by atoms with Crippen LogP contribution in [0.3, 0.4) is 0 Å². The van der Waals surface area contributed by atoms with Gasteiger partial charge in [0.1, 0.15) is 0 Å². The number of ether oxygens (including phenoxy) is 1. The number of fused-ring (bicyclic) bond motifs is 1. The molecule has 1 saturated heterocycles. The Kier molecular flexibility index (Phi) is 4.94. The third-order valence-corrected chi connectivity index (χ3v) is 5.18. The number of aromatic nitrogens is 1. The number of rotatable bonds is 2. The van der Waals surface area contributed by atoms with Crippen molar-refractivity contribution in [3.63, 3.8) is 0 Å². The molecule has 2 aromatic carbocycles. The van der Waals surface area contributed by atoms with E-state index < -0.39 is 0 Å². The Morgan fingerprint density at radius 3 is 2.54 bits per heavy atom. The van der Waals surface area contributed by atoms with Crippen LogP contribution in [0.15, 0.2) is 53.0 Å². The normalized spacial score (nSPS) is 14.6. The first-order chi connectivity index (χ1) is 12.6. The summed E-state index contributed by atoms with van der Waals surface area (Å²) in [6.07, 6.45) is 0. The smallest absolute Gasteiger partial charge is 0.254 e. The molecule has 0 radical (unpaired) electrons. The zero-order valence-corrected chi connectivity index (χ0v) is 16.3. The van der Waals surface area contributed by atoms with E-state index in [2.05, 4.69) is 15.9 Å². The Balaban J connectivity index is 1.86. The summed E-state index contributed by atoms with van der Waals surface area (Å²) in [5.74, 6) is 0.00835. The molecule has 1 aliphatic rings. The Morgan fingerprint density at radius 1 is 1.08 bits per heavy atom. The molecule has 0 N–H and O–H groups in total. The van der Waals surface area contributed by atoms with Crippen LogP contribution in [0.25, 0.3) is 22.2 Å². The maximum atomic E-state index is 13.2. The van der Waals surface area contributed by atoms with E-state index in [0.29, 0.717) is 36.9 Å². The van der Waals surface area contributed by atoms with Crippen LogP contribution >= 0.6 is 27.5 Å². The third-order valence-electron chi connectivity index (χ3n) is 4.44. The van der Waals surface area contributed by atoms with E-state index in [-0.39, 0.29) is 5.91 Å². The molecule has 6 heteroatoms. The van der Waals surface area contributed by atoms with Gasteiger partial charge in [0.05, 0.1) is 30.0 Å². The molecule has 1 aromatic heterocycles. The van der Waals surface area contributed by atoms with Gasteiger partial charge in [-0.05, 0) is 36.4 Å². The van der Waals surface area contributed by atoms with Gasteiger partial charge in [-0.3, -0.25) is 4.79 Å². The predicted molar refractivity (Wildman–Crippen MR) is 107 cm³/mol. The van der Waals surface area contributed by atoms with Crippen molar-refractivity contribution in [3.05, 3.63) is 63.6 Å². The van der Waals surface area contributed by atoms with E-state index in [0.717, 1.165) is 26.6 Å². The second kappa shape index (κ2) is 7.35. The molecule has 0 saturated carbocycles. The van der Waals surface area contributed by atoms with E-state index in [1.807, 2.05) is 53.4 Å². The number of amides is 1. The number of hydrogen-bond acceptors (Lipinski definition) is 3. The largest absolute Gasteiger partial charge is 0.378 e. The lowest BCUT2D eigenvalue weighted by atomic mass is 10.0. The molecule has 1 amide bonds. The number of carbonyl (C=O) groups excluding carboxylic acids is 1. The summed E-state index contributed by atoms with van der Waals surface area (Å²) in [4.78, 5) is 19.8. The molecule has 2 heterocycles. The van der Waals surface area contributed by atoms with Crippen LogP contribution in [-0.2, 0) is 4.74 Å². The molecule has 3 aromatic rings. The molecule has 26 heavy (non-hydrogen) atoms. The molecule has 0 bridgehead atoms. The first kappa shape index (κ1) is 17.5. The molecule has 132 valence electrons. The zero-order chi connectivity index (χ0) is 18.1. The quantitative estimate of drug-likeness (QED) is 0.586. The van der Waals surface area contributed by atoms with Crippen LogP contribution < -0.4 is 0 Å². The first-order valence-electron chi connectivity index (χ1n) is 8.35. The topological polar surface area (TPSA) is 42.4 Å². The van der Waals surface area contributed by atoms with E-state index in [9.17, 15) is 4.79 Å². The molecular weight excluding hydrogens is 416 g/mol. The summed E-state index contributed by atoms with van der Waals surface area (Å²) in [5.41, 5.74) is 3.13. The summed E-state index contributed by atoms with van der Waals surface area (Å²) in [5, 5.41) is 1.51. The number of pyridine rings is 1. The average molecular weight is 432 g/mol. The summed E-state index contributed by atoms with van der Waals surface area (Å²) >= 11 is 9.49. The molecule has 0 atom stereocenters. The Bertz CT molecular complexity index is 969. The highest BCUT2D eigenvalue weighted by atomic mass is 79.9. The maximum Gasteiger partial charge on any atom is 0.254 e. The zero-order valence-electron chi connectivity index (χ0n) is 13.9. The number of halogens is 2. The molecule has 0 aliphatic carbocycles. The van der Waals surface area contributed by atoms with Crippen LogP contribution in [0.4, 0.5) is 0 Å². The second-order valence-electron chi connectivity index (χ2n) is 6.13. The van der Waals surface area contributed by atoms with Crippen LogP contribution in [0.2, 0.25) is 5.02 Å². The predicted octanol–water partition coefficient (Wildman–Crippen LogP) is 4.79. The summed E-state index contributed by atoms with van der Waals surface area (Å²) in [7, 11) is 0. The second-order valence-corrected chi connectivity index (χ2v) is 7.48. The fraction of sp³-hybridized carbons (Fsp3) is 0.200. The summed E-state index contributed by atoms with van der Waals surface area (Å²) in [6, 6.07) is 15.2. The van der Waals surface area contributed by atoms with E-state index in [1.54, 1.807) is 0 Å². The fourth-order valence-corrected chi connectivity index (χ4v) is 3.57. The van der Waals surface area contributed by atoms with Crippen LogP contribution in [0, 0.1) is 0 Å². The van der Waals surface area contributed by atoms with Crippen molar-refractivity contribution in [1.29, 1.82) is 0 Å². The van der Waals surface area contributed by atoms with E-state index in [1.165, 1.54) is 0 Å². The average Bonchev–Trinajstić information content (AvgIpc) is 2.68. The van der Waals surface area contributed by atoms with Gasteiger partial charge in [-0.1, -0.05) is 39.7 Å². The van der Waals surface area contributed by atoms with Gasteiger partial charge in [0, 0.05) is 33.5 Å².